The number of allylic oxidation sites excluding steroid dienone is 2. The summed E-state index contributed by atoms with van der Waals surface area (Å²) < 4.78 is 0. The third-order valence-corrected chi connectivity index (χ3v) is 1.85. The van der Waals surface area contributed by atoms with Crippen molar-refractivity contribution in [2.24, 2.45) is 0 Å². The third kappa shape index (κ3) is 4.22. The molecule has 1 N–H and O–H groups in total. The van der Waals surface area contributed by atoms with Gasteiger partial charge in [-0.25, -0.2) is 0 Å². The second-order valence-corrected chi connectivity index (χ2v) is 3.07. The molecule has 1 aromatic carbocycles. The van der Waals surface area contributed by atoms with E-state index in [0.717, 1.165) is 0 Å². The summed E-state index contributed by atoms with van der Waals surface area (Å²) in [6.45, 7) is 0. The molecule has 0 amide bonds. The molecule has 0 fully saturated rings. The standard InChI is InChI=1S/C12H12O3/c13-11(8-4-5-9-12(14)15)10-6-2-1-3-7-10/h1-4,6-8H,5,9H2,(H,14,15)/b8-4-. The van der Waals surface area contributed by atoms with Crippen LogP contribution < -0.4 is 0 Å². The van der Waals surface area contributed by atoms with Gasteiger partial charge in [0, 0.05) is 12.0 Å². The quantitative estimate of drug-likeness (QED) is 0.591. The lowest BCUT2D eigenvalue weighted by atomic mass is 10.1. The molecule has 0 saturated carbocycles. The molecule has 1 rings (SSSR count). The molecule has 0 atom stereocenters. The minimum absolute atomic E-state index is 0.0541. The molecule has 0 unspecified atom stereocenters. The van der Waals surface area contributed by atoms with E-state index in [9.17, 15) is 9.59 Å². The summed E-state index contributed by atoms with van der Waals surface area (Å²) in [4.78, 5) is 21.7. The number of aliphatic carboxylic acids is 1. The molecule has 1 aromatic rings. The largest absolute Gasteiger partial charge is 0.481 e. The first-order chi connectivity index (χ1) is 7.20. The van der Waals surface area contributed by atoms with Crippen molar-refractivity contribution in [1.82, 2.24) is 0 Å². The van der Waals surface area contributed by atoms with Crippen molar-refractivity contribution in [2.75, 3.05) is 0 Å². The molecule has 15 heavy (non-hydrogen) atoms. The van der Waals surface area contributed by atoms with E-state index in [1.807, 2.05) is 6.07 Å². The van der Waals surface area contributed by atoms with Crippen molar-refractivity contribution in [3.63, 3.8) is 0 Å². The van der Waals surface area contributed by atoms with E-state index in [4.69, 9.17) is 5.11 Å². The maximum Gasteiger partial charge on any atom is 0.303 e. The van der Waals surface area contributed by atoms with Crippen LogP contribution in [0.3, 0.4) is 0 Å². The second kappa shape index (κ2) is 5.75. The fourth-order valence-electron chi connectivity index (χ4n) is 1.10. The molecule has 0 bridgehead atoms. The first-order valence-corrected chi connectivity index (χ1v) is 4.68. The van der Waals surface area contributed by atoms with Gasteiger partial charge >= 0.3 is 5.97 Å². The summed E-state index contributed by atoms with van der Waals surface area (Å²) in [5.41, 5.74) is 0.615. The molecule has 3 heteroatoms. The van der Waals surface area contributed by atoms with Crippen LogP contribution in [0.25, 0.3) is 0 Å². The Balaban J connectivity index is 2.46. The number of carboxylic acids is 1. The van der Waals surface area contributed by atoms with Crippen LogP contribution in [0.2, 0.25) is 0 Å². The van der Waals surface area contributed by atoms with Crippen LogP contribution in [0, 0.1) is 0 Å². The van der Waals surface area contributed by atoms with E-state index in [-0.39, 0.29) is 12.2 Å². The normalized spacial score (nSPS) is 10.4. The molecule has 0 spiro atoms. The summed E-state index contributed by atoms with van der Waals surface area (Å²) in [6, 6.07) is 8.87. The average Bonchev–Trinajstić information content (AvgIpc) is 2.25. The SMILES string of the molecule is O=C(O)CC/C=C\C(=O)c1ccccc1. The highest BCUT2D eigenvalue weighted by Crippen LogP contribution is 2.01. The summed E-state index contributed by atoms with van der Waals surface area (Å²) in [7, 11) is 0. The Morgan fingerprint density at radius 2 is 1.87 bits per heavy atom. The second-order valence-electron chi connectivity index (χ2n) is 3.07. The molecule has 0 radical (unpaired) electrons. The molecule has 78 valence electrons. The number of carbonyl (C=O) groups excluding carboxylic acids is 1. The van der Waals surface area contributed by atoms with Gasteiger partial charge in [-0.2, -0.15) is 0 Å². The Morgan fingerprint density at radius 1 is 1.20 bits per heavy atom. The van der Waals surface area contributed by atoms with E-state index < -0.39 is 5.97 Å². The van der Waals surface area contributed by atoms with Crippen molar-refractivity contribution < 1.29 is 14.7 Å². The molecule has 0 aliphatic heterocycles. The molecule has 0 aliphatic carbocycles. The smallest absolute Gasteiger partial charge is 0.303 e. The lowest BCUT2D eigenvalue weighted by Crippen LogP contribution is -1.94. The Hall–Kier alpha value is -1.90. The fourth-order valence-corrected chi connectivity index (χ4v) is 1.10. The Labute approximate surface area is 88.0 Å². The monoisotopic (exact) mass is 204 g/mol. The predicted molar refractivity (Wildman–Crippen MR) is 56.8 cm³/mol. The van der Waals surface area contributed by atoms with E-state index in [1.165, 1.54) is 6.08 Å². The molecule has 3 nitrogen and oxygen atoms in total. The predicted octanol–water partition coefficient (Wildman–Crippen LogP) is 2.29. The van der Waals surface area contributed by atoms with Crippen molar-refractivity contribution in [3.05, 3.63) is 48.0 Å². The van der Waals surface area contributed by atoms with Gasteiger partial charge in [-0.1, -0.05) is 36.4 Å². The lowest BCUT2D eigenvalue weighted by molar-refractivity contribution is -0.136. The summed E-state index contributed by atoms with van der Waals surface area (Å²) >= 11 is 0. The van der Waals surface area contributed by atoms with Gasteiger partial charge in [-0.3, -0.25) is 9.59 Å². The first-order valence-electron chi connectivity index (χ1n) is 4.68. The minimum Gasteiger partial charge on any atom is -0.481 e. The highest BCUT2D eigenvalue weighted by atomic mass is 16.4. The van der Waals surface area contributed by atoms with Gasteiger partial charge < -0.3 is 5.11 Å². The molecule has 0 aromatic heterocycles. The maximum absolute atomic E-state index is 11.5. The van der Waals surface area contributed by atoms with Crippen LogP contribution in [-0.2, 0) is 4.79 Å². The van der Waals surface area contributed by atoms with Crippen LogP contribution in [0.15, 0.2) is 42.5 Å². The third-order valence-electron chi connectivity index (χ3n) is 1.85. The summed E-state index contributed by atoms with van der Waals surface area (Å²) in [5.74, 6) is -0.951. The fraction of sp³-hybridized carbons (Fsp3) is 0.167. The molecule has 0 aliphatic rings. The summed E-state index contributed by atoms with van der Waals surface area (Å²) in [5, 5.41) is 8.38. The number of hydrogen-bond acceptors (Lipinski definition) is 2. The van der Waals surface area contributed by atoms with Crippen LogP contribution in [-0.4, -0.2) is 16.9 Å². The van der Waals surface area contributed by atoms with Crippen LogP contribution in [0.1, 0.15) is 23.2 Å². The van der Waals surface area contributed by atoms with E-state index in [1.54, 1.807) is 30.3 Å². The molecule has 0 saturated heterocycles. The van der Waals surface area contributed by atoms with Crippen LogP contribution >= 0.6 is 0 Å². The molecular weight excluding hydrogens is 192 g/mol. The zero-order valence-electron chi connectivity index (χ0n) is 8.22. The van der Waals surface area contributed by atoms with E-state index >= 15 is 0 Å². The Morgan fingerprint density at radius 3 is 2.47 bits per heavy atom. The zero-order valence-corrected chi connectivity index (χ0v) is 8.22. The van der Waals surface area contributed by atoms with Gasteiger partial charge in [0.1, 0.15) is 0 Å². The number of benzene rings is 1. The van der Waals surface area contributed by atoms with Crippen molar-refractivity contribution >= 4 is 11.8 Å². The zero-order chi connectivity index (χ0) is 11.1. The number of ketones is 1. The van der Waals surface area contributed by atoms with Crippen molar-refractivity contribution in [1.29, 1.82) is 0 Å². The van der Waals surface area contributed by atoms with Crippen LogP contribution in [0.5, 0.6) is 0 Å². The Kier molecular flexibility index (Phi) is 4.29. The van der Waals surface area contributed by atoms with Gasteiger partial charge in [-0.15, -0.1) is 0 Å². The summed E-state index contributed by atoms with van der Waals surface area (Å²) in [6.07, 6.45) is 3.44. The highest BCUT2D eigenvalue weighted by Gasteiger charge is 1.99. The van der Waals surface area contributed by atoms with Gasteiger partial charge in [-0.05, 0) is 12.5 Å². The van der Waals surface area contributed by atoms with Gasteiger partial charge in [0.05, 0.1) is 0 Å². The average molecular weight is 204 g/mol. The molecular formula is C12H12O3. The number of rotatable bonds is 5. The van der Waals surface area contributed by atoms with E-state index in [0.29, 0.717) is 12.0 Å². The Bertz CT molecular complexity index is 366. The minimum atomic E-state index is -0.855. The van der Waals surface area contributed by atoms with E-state index in [2.05, 4.69) is 0 Å². The number of carbonyl (C=O) groups is 2. The van der Waals surface area contributed by atoms with Gasteiger partial charge in [0.25, 0.3) is 0 Å². The number of hydrogen-bond donors (Lipinski definition) is 1. The van der Waals surface area contributed by atoms with Gasteiger partial charge in [0.2, 0.25) is 0 Å². The van der Waals surface area contributed by atoms with Crippen molar-refractivity contribution in [3.8, 4) is 0 Å². The maximum atomic E-state index is 11.5. The van der Waals surface area contributed by atoms with Crippen LogP contribution in [0.4, 0.5) is 0 Å². The molecule has 0 heterocycles. The number of carboxylic acid groups (broad SMARTS) is 1. The van der Waals surface area contributed by atoms with Crippen molar-refractivity contribution in [2.45, 2.75) is 12.8 Å². The van der Waals surface area contributed by atoms with Gasteiger partial charge in [0.15, 0.2) is 5.78 Å². The first kappa shape index (κ1) is 11.2. The topological polar surface area (TPSA) is 54.4 Å². The lowest BCUT2D eigenvalue weighted by Gasteiger charge is -1.93. The highest BCUT2D eigenvalue weighted by molar-refractivity contribution is 6.04.